The van der Waals surface area contributed by atoms with Gasteiger partial charge in [-0.3, -0.25) is 4.79 Å². The summed E-state index contributed by atoms with van der Waals surface area (Å²) in [5, 5.41) is 0. The predicted octanol–water partition coefficient (Wildman–Crippen LogP) is 9.81. The van der Waals surface area contributed by atoms with Crippen LogP contribution < -0.4 is 0 Å². The molecule has 1 aromatic carbocycles. The number of aryl methyl sites for hydroxylation is 1. The van der Waals surface area contributed by atoms with E-state index in [9.17, 15) is 4.79 Å². The second kappa shape index (κ2) is 14.3. The lowest BCUT2D eigenvalue weighted by Gasteiger charge is -2.35. The molecule has 0 N–H and O–H groups in total. The molecule has 1 aromatic rings. The molecular weight excluding hydrogens is 400 g/mol. The maximum absolute atomic E-state index is 13.3. The lowest BCUT2D eigenvalue weighted by atomic mass is 9.69. The van der Waals surface area contributed by atoms with Crippen molar-refractivity contribution >= 4 is 5.78 Å². The average molecular weight is 453 g/mol. The molecule has 33 heavy (non-hydrogen) atoms. The molecule has 3 rings (SSSR count). The largest absolute Gasteiger partial charge is 0.299 e. The van der Waals surface area contributed by atoms with Gasteiger partial charge in [0, 0.05) is 12.3 Å². The van der Waals surface area contributed by atoms with Crippen LogP contribution in [0.25, 0.3) is 0 Å². The molecule has 0 heterocycles. The van der Waals surface area contributed by atoms with E-state index in [1.807, 2.05) is 0 Å². The minimum Gasteiger partial charge on any atom is -0.299 e. The van der Waals surface area contributed by atoms with Gasteiger partial charge in [0.25, 0.3) is 0 Å². The molecule has 0 saturated heterocycles. The van der Waals surface area contributed by atoms with Gasteiger partial charge in [-0.2, -0.15) is 0 Å². The van der Waals surface area contributed by atoms with Crippen molar-refractivity contribution in [2.75, 3.05) is 0 Å². The molecule has 0 aromatic heterocycles. The first-order valence-electron chi connectivity index (χ1n) is 14.7. The van der Waals surface area contributed by atoms with Crippen LogP contribution in [0.15, 0.2) is 24.3 Å². The molecule has 186 valence electrons. The van der Waals surface area contributed by atoms with E-state index in [0.29, 0.717) is 23.5 Å². The molecule has 4 atom stereocenters. The Labute approximate surface area is 205 Å². The molecule has 1 heteroatoms. The van der Waals surface area contributed by atoms with Crippen molar-refractivity contribution in [2.24, 2.45) is 23.7 Å². The van der Waals surface area contributed by atoms with E-state index in [1.54, 1.807) is 0 Å². The highest BCUT2D eigenvalue weighted by Gasteiger charge is 2.32. The zero-order chi connectivity index (χ0) is 23.5. The summed E-state index contributed by atoms with van der Waals surface area (Å²) in [6.45, 7) is 6.86. The average Bonchev–Trinajstić information content (AvgIpc) is 2.85. The quantitative estimate of drug-likeness (QED) is 0.272. The SMILES string of the molecule is CCCCCC(c1cccc(C)c1)C1CCCC(C(=O)CCC(CC)CC2CCCCC2)C1. The predicted molar refractivity (Wildman–Crippen MR) is 143 cm³/mol. The van der Waals surface area contributed by atoms with Crippen molar-refractivity contribution in [3.8, 4) is 0 Å². The highest BCUT2D eigenvalue weighted by molar-refractivity contribution is 5.81. The van der Waals surface area contributed by atoms with Crippen molar-refractivity contribution < 1.29 is 4.79 Å². The minimum atomic E-state index is 0.328. The second-order valence-electron chi connectivity index (χ2n) is 11.7. The Morgan fingerprint density at radius 3 is 2.52 bits per heavy atom. The van der Waals surface area contributed by atoms with Gasteiger partial charge in [0.15, 0.2) is 0 Å². The Morgan fingerprint density at radius 1 is 0.970 bits per heavy atom. The molecule has 2 fully saturated rings. The first kappa shape index (κ1) is 26.5. The fourth-order valence-corrected chi connectivity index (χ4v) is 7.01. The fraction of sp³-hybridized carbons (Fsp3) is 0.781. The molecule has 0 aliphatic heterocycles. The minimum absolute atomic E-state index is 0.328. The van der Waals surface area contributed by atoms with E-state index in [4.69, 9.17) is 0 Å². The fourth-order valence-electron chi connectivity index (χ4n) is 7.01. The van der Waals surface area contributed by atoms with Crippen molar-refractivity contribution in [1.82, 2.24) is 0 Å². The Kier molecular flexibility index (Phi) is 11.5. The maximum atomic E-state index is 13.3. The summed E-state index contributed by atoms with van der Waals surface area (Å²) in [5.41, 5.74) is 2.91. The number of carbonyl (C=O) groups excluding carboxylic acids is 1. The van der Waals surface area contributed by atoms with Gasteiger partial charge in [0.2, 0.25) is 0 Å². The van der Waals surface area contributed by atoms with Crippen LogP contribution in [-0.2, 0) is 4.79 Å². The van der Waals surface area contributed by atoms with Crippen molar-refractivity contribution in [3.63, 3.8) is 0 Å². The molecule has 0 spiro atoms. The van der Waals surface area contributed by atoms with Crippen molar-refractivity contribution in [2.45, 2.75) is 136 Å². The molecule has 0 amide bonds. The number of hydrogen-bond acceptors (Lipinski definition) is 1. The smallest absolute Gasteiger partial charge is 0.135 e. The Bertz CT molecular complexity index is 685. The number of carbonyl (C=O) groups is 1. The number of unbranched alkanes of at least 4 members (excludes halogenated alkanes) is 2. The van der Waals surface area contributed by atoms with Gasteiger partial charge < -0.3 is 0 Å². The molecule has 0 bridgehead atoms. The van der Waals surface area contributed by atoms with Gasteiger partial charge in [-0.25, -0.2) is 0 Å². The standard InChI is InChI=1S/C32H52O/c1-4-6-8-19-31(28-16-11-13-25(3)22-28)29-17-12-18-30(24-29)32(33)21-20-26(5-2)23-27-14-9-7-10-15-27/h11,13,16,22,26-27,29-31H,4-10,12,14-15,17-21,23-24H2,1-3H3. The van der Waals surface area contributed by atoms with E-state index in [1.165, 1.54) is 94.6 Å². The van der Waals surface area contributed by atoms with Gasteiger partial charge in [0.05, 0.1) is 0 Å². The third-order valence-electron chi connectivity index (χ3n) is 9.10. The second-order valence-corrected chi connectivity index (χ2v) is 11.7. The van der Waals surface area contributed by atoms with Crippen LogP contribution in [0.5, 0.6) is 0 Å². The van der Waals surface area contributed by atoms with Crippen molar-refractivity contribution in [1.29, 1.82) is 0 Å². The summed E-state index contributed by atoms with van der Waals surface area (Å²) in [6.07, 6.45) is 21.9. The van der Waals surface area contributed by atoms with Crippen LogP contribution >= 0.6 is 0 Å². The van der Waals surface area contributed by atoms with Crippen LogP contribution in [0.2, 0.25) is 0 Å². The van der Waals surface area contributed by atoms with Gasteiger partial charge in [0.1, 0.15) is 5.78 Å². The molecule has 0 radical (unpaired) electrons. The normalized spacial score (nSPS) is 23.8. The highest BCUT2D eigenvalue weighted by atomic mass is 16.1. The van der Waals surface area contributed by atoms with Crippen LogP contribution in [-0.4, -0.2) is 5.78 Å². The van der Waals surface area contributed by atoms with E-state index in [-0.39, 0.29) is 0 Å². The van der Waals surface area contributed by atoms with Gasteiger partial charge >= 0.3 is 0 Å². The maximum Gasteiger partial charge on any atom is 0.135 e. The van der Waals surface area contributed by atoms with E-state index < -0.39 is 0 Å². The molecule has 2 saturated carbocycles. The number of Topliss-reactive ketones (excluding diaryl/α,β-unsaturated/α-hetero) is 1. The first-order chi connectivity index (χ1) is 16.1. The highest BCUT2D eigenvalue weighted by Crippen LogP contribution is 2.42. The zero-order valence-electron chi connectivity index (χ0n) is 22.1. The number of hydrogen-bond donors (Lipinski definition) is 0. The van der Waals surface area contributed by atoms with E-state index in [2.05, 4.69) is 45.0 Å². The van der Waals surface area contributed by atoms with E-state index in [0.717, 1.165) is 37.5 Å². The summed E-state index contributed by atoms with van der Waals surface area (Å²) in [4.78, 5) is 13.3. The van der Waals surface area contributed by atoms with Crippen molar-refractivity contribution in [3.05, 3.63) is 35.4 Å². The summed E-state index contributed by atoms with van der Waals surface area (Å²) >= 11 is 0. The van der Waals surface area contributed by atoms with Gasteiger partial charge in [-0.05, 0) is 74.7 Å². The van der Waals surface area contributed by atoms with Crippen LogP contribution in [0.3, 0.4) is 0 Å². The third-order valence-corrected chi connectivity index (χ3v) is 9.10. The first-order valence-corrected chi connectivity index (χ1v) is 14.7. The molecule has 1 nitrogen and oxygen atoms in total. The Balaban J connectivity index is 1.55. The summed E-state index contributed by atoms with van der Waals surface area (Å²) in [5.74, 6) is 3.96. The summed E-state index contributed by atoms with van der Waals surface area (Å²) in [7, 11) is 0. The van der Waals surface area contributed by atoms with Gasteiger partial charge in [-0.1, -0.05) is 108 Å². The molecular formula is C32H52O. The monoisotopic (exact) mass is 452 g/mol. The number of ketones is 1. The Morgan fingerprint density at radius 2 is 1.79 bits per heavy atom. The van der Waals surface area contributed by atoms with Gasteiger partial charge in [-0.15, -0.1) is 0 Å². The third kappa shape index (κ3) is 8.56. The Hall–Kier alpha value is -1.11. The number of rotatable bonds is 13. The van der Waals surface area contributed by atoms with Crippen LogP contribution in [0.1, 0.15) is 140 Å². The van der Waals surface area contributed by atoms with E-state index >= 15 is 0 Å². The molecule has 2 aliphatic carbocycles. The number of benzene rings is 1. The van der Waals surface area contributed by atoms with Crippen LogP contribution in [0.4, 0.5) is 0 Å². The molecule has 4 unspecified atom stereocenters. The summed E-state index contributed by atoms with van der Waals surface area (Å²) < 4.78 is 0. The van der Waals surface area contributed by atoms with Crippen LogP contribution in [0, 0.1) is 30.6 Å². The molecule has 2 aliphatic rings. The topological polar surface area (TPSA) is 17.1 Å². The lowest BCUT2D eigenvalue weighted by Crippen LogP contribution is -2.27. The zero-order valence-corrected chi connectivity index (χ0v) is 22.1. The summed E-state index contributed by atoms with van der Waals surface area (Å²) in [6, 6.07) is 9.22. The lowest BCUT2D eigenvalue weighted by molar-refractivity contribution is -0.124.